The second kappa shape index (κ2) is 6.19. The molecule has 0 atom stereocenters. The van der Waals surface area contributed by atoms with Crippen molar-refractivity contribution >= 4 is 11.6 Å². The van der Waals surface area contributed by atoms with Crippen molar-refractivity contribution in [3.05, 3.63) is 41.5 Å². The Morgan fingerprint density at radius 1 is 1.21 bits per heavy atom. The minimum absolute atomic E-state index is 0.0814. The number of aryl methyl sites for hydroxylation is 2. The van der Waals surface area contributed by atoms with Gasteiger partial charge in [-0.1, -0.05) is 0 Å². The van der Waals surface area contributed by atoms with Crippen LogP contribution in [0.1, 0.15) is 11.4 Å². The van der Waals surface area contributed by atoms with E-state index in [1.54, 1.807) is 16.8 Å². The molecule has 0 aliphatic carbocycles. The fourth-order valence-electron chi connectivity index (χ4n) is 2.29. The number of amides is 1. The summed E-state index contributed by atoms with van der Waals surface area (Å²) in [6.07, 6.45) is 0. The summed E-state index contributed by atoms with van der Waals surface area (Å²) in [4.78, 5) is 13.3. The summed E-state index contributed by atoms with van der Waals surface area (Å²) in [5, 5.41) is 18.9. The number of hydrogen-bond acceptors (Lipinski definition) is 5. The van der Waals surface area contributed by atoms with Crippen molar-refractivity contribution in [3.63, 3.8) is 0 Å². The maximum absolute atomic E-state index is 12.9. The van der Waals surface area contributed by atoms with Gasteiger partial charge in [0.15, 0.2) is 0 Å². The van der Waals surface area contributed by atoms with E-state index < -0.39 is 0 Å². The summed E-state index contributed by atoms with van der Waals surface area (Å²) in [5.41, 5.74) is 2.91. The monoisotopic (exact) mass is 329 g/mol. The SMILES string of the molecule is Cc1nn(C)c(C)c1NC(=O)Cn1nnc(-c2ccc(F)cc2)n1. The molecule has 1 amide bonds. The lowest BCUT2D eigenvalue weighted by molar-refractivity contribution is -0.117. The smallest absolute Gasteiger partial charge is 0.248 e. The maximum atomic E-state index is 12.9. The van der Waals surface area contributed by atoms with Crippen LogP contribution in [0.4, 0.5) is 10.1 Å². The van der Waals surface area contributed by atoms with Gasteiger partial charge in [0.2, 0.25) is 11.7 Å². The molecule has 24 heavy (non-hydrogen) atoms. The molecule has 2 aromatic heterocycles. The van der Waals surface area contributed by atoms with Crippen LogP contribution in [0.3, 0.4) is 0 Å². The van der Waals surface area contributed by atoms with E-state index in [1.165, 1.54) is 16.9 Å². The quantitative estimate of drug-likeness (QED) is 0.783. The van der Waals surface area contributed by atoms with Gasteiger partial charge in [0.05, 0.1) is 17.1 Å². The predicted octanol–water partition coefficient (Wildman–Crippen LogP) is 1.47. The number of carbonyl (C=O) groups excluding carboxylic acids is 1. The Hall–Kier alpha value is -3.10. The Morgan fingerprint density at radius 3 is 2.54 bits per heavy atom. The fourth-order valence-corrected chi connectivity index (χ4v) is 2.29. The first-order valence-electron chi connectivity index (χ1n) is 7.28. The zero-order valence-corrected chi connectivity index (χ0v) is 13.5. The largest absolute Gasteiger partial charge is 0.321 e. The van der Waals surface area contributed by atoms with Crippen LogP contribution < -0.4 is 5.32 Å². The van der Waals surface area contributed by atoms with Crippen molar-refractivity contribution in [2.75, 3.05) is 5.32 Å². The molecule has 0 bridgehead atoms. The van der Waals surface area contributed by atoms with Crippen molar-refractivity contribution in [2.45, 2.75) is 20.4 Å². The molecule has 0 fully saturated rings. The standard InChI is InChI=1S/C15H16FN7O/c1-9-14(10(2)22(3)19-9)17-13(24)8-23-20-15(18-21-23)11-4-6-12(16)7-5-11/h4-7H,8H2,1-3H3,(H,17,24). The van der Waals surface area contributed by atoms with E-state index in [4.69, 9.17) is 0 Å². The predicted molar refractivity (Wildman–Crippen MR) is 84.5 cm³/mol. The molecule has 0 radical (unpaired) electrons. The summed E-state index contributed by atoms with van der Waals surface area (Å²) < 4.78 is 14.6. The van der Waals surface area contributed by atoms with Gasteiger partial charge in [0.25, 0.3) is 0 Å². The Kier molecular flexibility index (Phi) is 4.07. The van der Waals surface area contributed by atoms with Crippen LogP contribution in [0.2, 0.25) is 0 Å². The number of carbonyl (C=O) groups is 1. The number of benzene rings is 1. The number of nitrogens with zero attached hydrogens (tertiary/aromatic N) is 6. The van der Waals surface area contributed by atoms with E-state index in [2.05, 4.69) is 25.8 Å². The highest BCUT2D eigenvalue weighted by atomic mass is 19.1. The number of aromatic nitrogens is 6. The van der Waals surface area contributed by atoms with E-state index in [1.807, 2.05) is 20.9 Å². The van der Waals surface area contributed by atoms with Crippen LogP contribution in [0.5, 0.6) is 0 Å². The van der Waals surface area contributed by atoms with Crippen LogP contribution in [0, 0.1) is 19.7 Å². The zero-order chi connectivity index (χ0) is 17.3. The van der Waals surface area contributed by atoms with E-state index in [0.29, 0.717) is 17.1 Å². The van der Waals surface area contributed by atoms with Crippen molar-refractivity contribution in [1.29, 1.82) is 0 Å². The molecule has 3 aromatic rings. The molecule has 1 N–H and O–H groups in total. The normalized spacial score (nSPS) is 10.8. The molecule has 124 valence electrons. The summed E-state index contributed by atoms with van der Waals surface area (Å²) in [7, 11) is 1.81. The van der Waals surface area contributed by atoms with Crippen molar-refractivity contribution in [1.82, 2.24) is 30.0 Å². The highest BCUT2D eigenvalue weighted by molar-refractivity contribution is 5.91. The number of anilines is 1. The minimum Gasteiger partial charge on any atom is -0.321 e. The average molecular weight is 329 g/mol. The lowest BCUT2D eigenvalue weighted by atomic mass is 10.2. The molecule has 1 aromatic carbocycles. The molecular formula is C15H16FN7O. The fraction of sp³-hybridized carbons (Fsp3) is 0.267. The van der Waals surface area contributed by atoms with Crippen molar-refractivity contribution in [2.24, 2.45) is 7.05 Å². The van der Waals surface area contributed by atoms with Crippen LogP contribution in [-0.2, 0) is 18.4 Å². The molecular weight excluding hydrogens is 313 g/mol. The Bertz CT molecular complexity index is 882. The third kappa shape index (κ3) is 3.14. The van der Waals surface area contributed by atoms with Crippen LogP contribution in [0.25, 0.3) is 11.4 Å². The first-order valence-corrected chi connectivity index (χ1v) is 7.28. The molecule has 2 heterocycles. The third-order valence-electron chi connectivity index (χ3n) is 3.61. The van der Waals surface area contributed by atoms with Crippen LogP contribution in [0.15, 0.2) is 24.3 Å². The second-order valence-corrected chi connectivity index (χ2v) is 5.37. The van der Waals surface area contributed by atoms with Crippen molar-refractivity contribution < 1.29 is 9.18 Å². The number of rotatable bonds is 4. The summed E-state index contributed by atoms with van der Waals surface area (Å²) in [6.45, 7) is 3.61. The number of nitrogens with one attached hydrogen (secondary N) is 1. The Labute approximate surface area is 137 Å². The second-order valence-electron chi connectivity index (χ2n) is 5.37. The van der Waals surface area contributed by atoms with E-state index in [9.17, 15) is 9.18 Å². The summed E-state index contributed by atoms with van der Waals surface area (Å²) in [5.74, 6) is -0.290. The van der Waals surface area contributed by atoms with Gasteiger partial charge in [-0.25, -0.2) is 4.39 Å². The molecule has 0 aliphatic rings. The van der Waals surface area contributed by atoms with Gasteiger partial charge in [0.1, 0.15) is 12.4 Å². The van der Waals surface area contributed by atoms with Crippen LogP contribution >= 0.6 is 0 Å². The maximum Gasteiger partial charge on any atom is 0.248 e. The summed E-state index contributed by atoms with van der Waals surface area (Å²) >= 11 is 0. The van der Waals surface area contributed by atoms with Gasteiger partial charge in [-0.05, 0) is 43.3 Å². The first-order chi connectivity index (χ1) is 11.4. The van der Waals surface area contributed by atoms with Gasteiger partial charge in [-0.15, -0.1) is 10.2 Å². The lowest BCUT2D eigenvalue weighted by Crippen LogP contribution is -2.21. The number of tetrazole rings is 1. The van der Waals surface area contributed by atoms with E-state index in [-0.39, 0.29) is 18.3 Å². The number of halogens is 1. The minimum atomic E-state index is -0.340. The molecule has 0 spiro atoms. The van der Waals surface area contributed by atoms with Gasteiger partial charge >= 0.3 is 0 Å². The third-order valence-corrected chi connectivity index (χ3v) is 3.61. The lowest BCUT2D eigenvalue weighted by Gasteiger charge is -2.04. The van der Waals surface area contributed by atoms with Crippen LogP contribution in [-0.4, -0.2) is 35.9 Å². The van der Waals surface area contributed by atoms with Gasteiger partial charge in [0, 0.05) is 12.6 Å². The van der Waals surface area contributed by atoms with E-state index in [0.717, 1.165) is 11.4 Å². The van der Waals surface area contributed by atoms with Gasteiger partial charge in [-0.2, -0.15) is 9.90 Å². The molecule has 9 heteroatoms. The highest BCUT2D eigenvalue weighted by Gasteiger charge is 2.14. The molecule has 0 unspecified atom stereocenters. The first kappa shape index (κ1) is 15.8. The molecule has 8 nitrogen and oxygen atoms in total. The average Bonchev–Trinajstić information content (AvgIpc) is 3.09. The highest BCUT2D eigenvalue weighted by Crippen LogP contribution is 2.18. The van der Waals surface area contributed by atoms with Gasteiger partial charge < -0.3 is 5.32 Å². The molecule has 0 saturated carbocycles. The summed E-state index contributed by atoms with van der Waals surface area (Å²) in [6, 6.07) is 5.74. The topological polar surface area (TPSA) is 90.5 Å². The Morgan fingerprint density at radius 2 is 1.92 bits per heavy atom. The van der Waals surface area contributed by atoms with Gasteiger partial charge in [-0.3, -0.25) is 9.48 Å². The van der Waals surface area contributed by atoms with Crippen molar-refractivity contribution in [3.8, 4) is 11.4 Å². The number of hydrogen-bond donors (Lipinski definition) is 1. The Balaban J connectivity index is 1.70. The van der Waals surface area contributed by atoms with E-state index >= 15 is 0 Å². The molecule has 0 aliphatic heterocycles. The zero-order valence-electron chi connectivity index (χ0n) is 13.5. The molecule has 3 rings (SSSR count). The molecule has 0 saturated heterocycles.